The Bertz CT molecular complexity index is 1190. The van der Waals surface area contributed by atoms with Gasteiger partial charge in [-0.1, -0.05) is 66.2 Å². The van der Waals surface area contributed by atoms with E-state index in [0.29, 0.717) is 17.0 Å². The number of anilines is 1. The fraction of sp³-hybridized carbons (Fsp3) is 0.111. The maximum Gasteiger partial charge on any atom is 0.294 e. The molecule has 160 valence electrons. The SMILES string of the molecule is COc1ccc([C@H]2C(C(=O)/C=C/c3ccccc3)=C(O)C(=O)N2c2ccc(C)cc2)cc1. The molecule has 1 amide bonds. The molecule has 0 radical (unpaired) electrons. The first-order valence-corrected chi connectivity index (χ1v) is 10.2. The number of nitrogens with zero attached hydrogens (tertiary/aromatic N) is 1. The average molecular weight is 425 g/mol. The second-order valence-corrected chi connectivity index (χ2v) is 7.56. The van der Waals surface area contributed by atoms with Crippen LogP contribution in [0.4, 0.5) is 5.69 Å². The molecule has 0 bridgehead atoms. The molecule has 0 saturated carbocycles. The Hall–Kier alpha value is -4.12. The van der Waals surface area contributed by atoms with Crippen LogP contribution >= 0.6 is 0 Å². The number of amides is 1. The first kappa shape index (κ1) is 21.1. The summed E-state index contributed by atoms with van der Waals surface area (Å²) in [7, 11) is 1.57. The van der Waals surface area contributed by atoms with Crippen molar-refractivity contribution in [2.45, 2.75) is 13.0 Å². The minimum atomic E-state index is -0.760. The van der Waals surface area contributed by atoms with Crippen molar-refractivity contribution in [2.24, 2.45) is 0 Å². The highest BCUT2D eigenvalue weighted by atomic mass is 16.5. The number of methoxy groups -OCH3 is 1. The van der Waals surface area contributed by atoms with E-state index in [1.807, 2.05) is 61.5 Å². The zero-order valence-electron chi connectivity index (χ0n) is 17.9. The van der Waals surface area contributed by atoms with E-state index in [9.17, 15) is 14.7 Å². The van der Waals surface area contributed by atoms with Gasteiger partial charge in [0.2, 0.25) is 0 Å². The maximum atomic E-state index is 13.2. The molecule has 0 unspecified atom stereocenters. The zero-order valence-corrected chi connectivity index (χ0v) is 17.9. The number of allylic oxidation sites excluding steroid dienone is 1. The average Bonchev–Trinajstić information content (AvgIpc) is 3.09. The van der Waals surface area contributed by atoms with Crippen LogP contribution < -0.4 is 9.64 Å². The van der Waals surface area contributed by atoms with E-state index in [1.165, 1.54) is 11.0 Å². The van der Waals surface area contributed by atoms with Gasteiger partial charge in [-0.2, -0.15) is 0 Å². The second kappa shape index (κ2) is 8.94. The largest absolute Gasteiger partial charge is 0.503 e. The third-order valence-electron chi connectivity index (χ3n) is 5.44. The number of aryl methyl sites for hydroxylation is 1. The van der Waals surface area contributed by atoms with Crippen molar-refractivity contribution in [1.82, 2.24) is 0 Å². The van der Waals surface area contributed by atoms with Gasteiger partial charge in [-0.15, -0.1) is 0 Å². The van der Waals surface area contributed by atoms with Crippen molar-refractivity contribution in [2.75, 3.05) is 12.0 Å². The van der Waals surface area contributed by atoms with E-state index in [0.717, 1.165) is 11.1 Å². The summed E-state index contributed by atoms with van der Waals surface area (Å²) in [6.45, 7) is 1.95. The van der Waals surface area contributed by atoms with E-state index >= 15 is 0 Å². The van der Waals surface area contributed by atoms with E-state index in [4.69, 9.17) is 4.74 Å². The molecule has 1 heterocycles. The maximum absolute atomic E-state index is 13.2. The molecule has 32 heavy (non-hydrogen) atoms. The lowest BCUT2D eigenvalue weighted by Gasteiger charge is -2.27. The molecule has 4 rings (SSSR count). The third-order valence-corrected chi connectivity index (χ3v) is 5.44. The van der Waals surface area contributed by atoms with Gasteiger partial charge >= 0.3 is 0 Å². The number of carbonyl (C=O) groups is 2. The Morgan fingerprint density at radius 3 is 2.25 bits per heavy atom. The number of benzene rings is 3. The van der Waals surface area contributed by atoms with Gasteiger partial charge in [0.15, 0.2) is 11.5 Å². The lowest BCUT2D eigenvalue weighted by Crippen LogP contribution is -2.30. The lowest BCUT2D eigenvalue weighted by molar-refractivity contribution is -0.117. The summed E-state index contributed by atoms with van der Waals surface area (Å²) in [5.41, 5.74) is 3.23. The number of ether oxygens (including phenoxy) is 1. The smallest absolute Gasteiger partial charge is 0.294 e. The highest BCUT2D eigenvalue weighted by Crippen LogP contribution is 2.41. The van der Waals surface area contributed by atoms with Gasteiger partial charge in [0, 0.05) is 5.69 Å². The van der Waals surface area contributed by atoms with Crippen molar-refractivity contribution < 1.29 is 19.4 Å². The Balaban J connectivity index is 1.78. The fourth-order valence-corrected chi connectivity index (χ4v) is 3.76. The summed E-state index contributed by atoms with van der Waals surface area (Å²) >= 11 is 0. The van der Waals surface area contributed by atoms with Crippen molar-refractivity contribution in [3.05, 3.63) is 113 Å². The van der Waals surface area contributed by atoms with Crippen LogP contribution in [-0.4, -0.2) is 23.9 Å². The van der Waals surface area contributed by atoms with Crippen LogP contribution in [0.25, 0.3) is 6.08 Å². The summed E-state index contributed by atoms with van der Waals surface area (Å²) in [5, 5.41) is 10.8. The van der Waals surface area contributed by atoms with Gasteiger partial charge in [0.05, 0.1) is 18.7 Å². The second-order valence-electron chi connectivity index (χ2n) is 7.56. The number of carbonyl (C=O) groups excluding carboxylic acids is 2. The molecule has 0 fully saturated rings. The molecule has 0 aliphatic carbocycles. The quantitative estimate of drug-likeness (QED) is 0.552. The Morgan fingerprint density at radius 2 is 1.62 bits per heavy atom. The molecule has 5 nitrogen and oxygen atoms in total. The van der Waals surface area contributed by atoms with Gasteiger partial charge in [-0.25, -0.2) is 0 Å². The van der Waals surface area contributed by atoms with Crippen LogP contribution in [0.15, 0.2) is 96.3 Å². The number of hydrogen-bond acceptors (Lipinski definition) is 4. The van der Waals surface area contributed by atoms with Crippen LogP contribution in [0.3, 0.4) is 0 Å². The molecule has 1 aliphatic rings. The normalized spacial score (nSPS) is 16.1. The third kappa shape index (κ3) is 4.05. The molecule has 1 aliphatic heterocycles. The topological polar surface area (TPSA) is 66.8 Å². The highest BCUT2D eigenvalue weighted by Gasteiger charge is 2.43. The summed E-state index contributed by atoms with van der Waals surface area (Å²) in [6, 6.07) is 23.2. The van der Waals surface area contributed by atoms with Crippen molar-refractivity contribution in [3.8, 4) is 5.75 Å². The number of hydrogen-bond donors (Lipinski definition) is 1. The van der Waals surface area contributed by atoms with Crippen LogP contribution in [0.2, 0.25) is 0 Å². The van der Waals surface area contributed by atoms with Gasteiger partial charge in [-0.3, -0.25) is 14.5 Å². The Kier molecular flexibility index (Phi) is 5.90. The van der Waals surface area contributed by atoms with E-state index in [2.05, 4.69) is 0 Å². The molecule has 0 aromatic heterocycles. The summed E-state index contributed by atoms with van der Waals surface area (Å²) in [6.07, 6.45) is 3.07. The number of aliphatic hydroxyl groups excluding tert-OH is 1. The monoisotopic (exact) mass is 425 g/mol. The number of aliphatic hydroxyl groups is 1. The number of rotatable bonds is 6. The minimum absolute atomic E-state index is 0.0490. The van der Waals surface area contributed by atoms with Crippen LogP contribution in [0.5, 0.6) is 5.75 Å². The Labute approximate surface area is 186 Å². The van der Waals surface area contributed by atoms with E-state index in [1.54, 1.807) is 37.5 Å². The first-order chi connectivity index (χ1) is 15.5. The van der Waals surface area contributed by atoms with Crippen molar-refractivity contribution >= 4 is 23.5 Å². The molecule has 1 N–H and O–H groups in total. The molecule has 0 spiro atoms. The van der Waals surface area contributed by atoms with Crippen LogP contribution in [0.1, 0.15) is 22.7 Å². The van der Waals surface area contributed by atoms with E-state index < -0.39 is 23.5 Å². The van der Waals surface area contributed by atoms with Gasteiger partial charge in [0.1, 0.15) is 5.75 Å². The van der Waals surface area contributed by atoms with Gasteiger partial charge < -0.3 is 9.84 Å². The van der Waals surface area contributed by atoms with Crippen molar-refractivity contribution in [3.63, 3.8) is 0 Å². The minimum Gasteiger partial charge on any atom is -0.503 e. The standard InChI is InChI=1S/C27H23NO4/c1-18-8-13-21(14-9-18)28-25(20-11-15-22(32-2)16-12-20)24(26(30)27(28)31)23(29)17-10-19-6-4-3-5-7-19/h3-17,25,30H,1-2H3/b17-10+/t25-/m0/s1. The first-order valence-electron chi connectivity index (χ1n) is 10.2. The summed E-state index contributed by atoms with van der Waals surface area (Å²) < 4.78 is 5.24. The van der Waals surface area contributed by atoms with Crippen LogP contribution in [0, 0.1) is 6.92 Å². The van der Waals surface area contributed by atoms with Crippen LogP contribution in [-0.2, 0) is 9.59 Å². The van der Waals surface area contributed by atoms with Gasteiger partial charge in [0.25, 0.3) is 5.91 Å². The molecule has 3 aromatic rings. The molecule has 5 heteroatoms. The molecule has 3 aromatic carbocycles. The van der Waals surface area contributed by atoms with E-state index in [-0.39, 0.29) is 5.57 Å². The predicted molar refractivity (Wildman–Crippen MR) is 125 cm³/mol. The molecule has 0 saturated heterocycles. The molecule has 1 atom stereocenters. The summed E-state index contributed by atoms with van der Waals surface area (Å²) in [5.74, 6) is -0.902. The van der Waals surface area contributed by atoms with Gasteiger partial charge in [-0.05, 0) is 48.4 Å². The zero-order chi connectivity index (χ0) is 22.7. The predicted octanol–water partition coefficient (Wildman–Crippen LogP) is 5.19. The lowest BCUT2D eigenvalue weighted by atomic mass is 9.95. The number of ketones is 1. The molecular weight excluding hydrogens is 402 g/mol. The molecular formula is C27H23NO4. The Morgan fingerprint density at radius 1 is 0.969 bits per heavy atom. The fourth-order valence-electron chi connectivity index (χ4n) is 3.76. The summed E-state index contributed by atoms with van der Waals surface area (Å²) in [4.78, 5) is 27.8. The van der Waals surface area contributed by atoms with Crippen molar-refractivity contribution in [1.29, 1.82) is 0 Å². The highest BCUT2D eigenvalue weighted by molar-refractivity contribution is 6.19.